The smallest absolute Gasteiger partial charge is 0.550 e. The van der Waals surface area contributed by atoms with E-state index in [2.05, 4.69) is 0 Å². The zero-order chi connectivity index (χ0) is 9.98. The molecule has 0 spiro atoms. The van der Waals surface area contributed by atoms with Gasteiger partial charge in [-0.15, -0.1) is 0 Å². The topological polar surface area (TPSA) is 80.3 Å². The van der Waals surface area contributed by atoms with Gasteiger partial charge >= 0.3 is 37.7 Å². The number of aliphatic carboxylic acids is 2. The fraction of sp³-hybridized carbons (Fsp3) is 0.250. The van der Waals surface area contributed by atoms with E-state index in [1.807, 2.05) is 0 Å². The molecular weight excluding hydrogens is 200 g/mol. The van der Waals surface area contributed by atoms with Gasteiger partial charge in [0.2, 0.25) is 0 Å². The van der Waals surface area contributed by atoms with Crippen molar-refractivity contribution in [3.8, 4) is 0 Å². The predicted molar refractivity (Wildman–Crippen MR) is 45.4 cm³/mol. The van der Waals surface area contributed by atoms with Crippen LogP contribution in [0.3, 0.4) is 0 Å². The van der Waals surface area contributed by atoms with Crippen molar-refractivity contribution in [2.45, 2.75) is 13.8 Å². The molecule has 0 N–H and O–H groups in total. The molecule has 0 unspecified atom stereocenters. The summed E-state index contributed by atoms with van der Waals surface area (Å²) in [6.07, 6.45) is 5.74. The number of hydrogen-bond acceptors (Lipinski definition) is 4. The number of carboxylic acids is 2. The molecule has 0 aromatic heterocycles. The molecule has 0 saturated carbocycles. The molecule has 0 aliphatic carbocycles. The van der Waals surface area contributed by atoms with Gasteiger partial charge in [-0.1, -0.05) is 18.2 Å². The zero-order valence-corrected chi connectivity index (χ0v) is 9.86. The van der Waals surface area contributed by atoms with Crippen molar-refractivity contribution in [3.05, 3.63) is 24.3 Å². The minimum Gasteiger partial charge on any atom is -0.550 e. The molecule has 0 atom stereocenters. The van der Waals surface area contributed by atoms with E-state index in [0.29, 0.717) is 0 Å². The summed E-state index contributed by atoms with van der Waals surface area (Å²) in [5, 5.41) is 18.5. The SMILES string of the molecule is CC(=O)[O-].CC=CC=CC(=O)[O-].[Ca+2]. The van der Waals surface area contributed by atoms with Crippen LogP contribution in [0.2, 0.25) is 0 Å². The average molecular weight is 210 g/mol. The summed E-state index contributed by atoms with van der Waals surface area (Å²) in [6, 6.07) is 0. The van der Waals surface area contributed by atoms with E-state index in [4.69, 9.17) is 9.90 Å². The second-order valence-electron chi connectivity index (χ2n) is 1.70. The predicted octanol–water partition coefficient (Wildman–Crippen LogP) is -1.76. The molecule has 0 heterocycles. The normalized spacial score (nSPS) is 8.77. The van der Waals surface area contributed by atoms with Crippen LogP contribution in [-0.4, -0.2) is 49.7 Å². The number of allylic oxidation sites excluding steroid dienone is 3. The Balaban J connectivity index is -0.000000173. The second kappa shape index (κ2) is 14.2. The van der Waals surface area contributed by atoms with Gasteiger partial charge in [-0.25, -0.2) is 0 Å². The minimum atomic E-state index is -1.16. The van der Waals surface area contributed by atoms with Crippen molar-refractivity contribution in [2.75, 3.05) is 0 Å². The van der Waals surface area contributed by atoms with Gasteiger partial charge < -0.3 is 19.8 Å². The van der Waals surface area contributed by atoms with Crippen molar-refractivity contribution < 1.29 is 19.8 Å². The summed E-state index contributed by atoms with van der Waals surface area (Å²) < 4.78 is 0. The Morgan fingerprint density at radius 2 is 1.54 bits per heavy atom. The number of carbonyl (C=O) groups excluding carboxylic acids is 2. The molecule has 0 aromatic rings. The zero-order valence-electron chi connectivity index (χ0n) is 7.65. The van der Waals surface area contributed by atoms with Gasteiger partial charge in [-0.05, 0) is 19.9 Å². The first-order chi connectivity index (χ1) is 5.50. The molecule has 0 radical (unpaired) electrons. The third-order valence-corrected chi connectivity index (χ3v) is 0.536. The van der Waals surface area contributed by atoms with Gasteiger partial charge in [0.1, 0.15) is 0 Å². The maximum Gasteiger partial charge on any atom is 2.00 e. The fourth-order valence-corrected chi connectivity index (χ4v) is 0.245. The van der Waals surface area contributed by atoms with E-state index in [9.17, 15) is 9.90 Å². The van der Waals surface area contributed by atoms with E-state index in [1.165, 1.54) is 6.08 Å². The molecule has 68 valence electrons. The summed E-state index contributed by atoms with van der Waals surface area (Å²) in [7, 11) is 0. The van der Waals surface area contributed by atoms with E-state index < -0.39 is 11.9 Å². The van der Waals surface area contributed by atoms with E-state index in [1.54, 1.807) is 19.1 Å². The van der Waals surface area contributed by atoms with Crippen molar-refractivity contribution >= 4 is 49.7 Å². The Morgan fingerprint density at radius 3 is 1.77 bits per heavy atom. The van der Waals surface area contributed by atoms with Crippen molar-refractivity contribution in [2.24, 2.45) is 0 Å². The van der Waals surface area contributed by atoms with Gasteiger partial charge in [-0.2, -0.15) is 0 Å². The first-order valence-corrected chi connectivity index (χ1v) is 3.18. The third-order valence-electron chi connectivity index (χ3n) is 0.536. The van der Waals surface area contributed by atoms with Gasteiger partial charge in [0.15, 0.2) is 0 Å². The maximum absolute atomic E-state index is 9.64. The van der Waals surface area contributed by atoms with E-state index >= 15 is 0 Å². The second-order valence-corrected chi connectivity index (χ2v) is 1.70. The standard InChI is InChI=1S/C6H8O2.C2H4O2.Ca/c1-2-3-4-5-6(7)8;1-2(3)4;/h2-5H,1H3,(H,7,8);1H3,(H,3,4);/q;;+2/p-2. The van der Waals surface area contributed by atoms with Crippen LogP contribution in [0.1, 0.15) is 13.8 Å². The monoisotopic (exact) mass is 210 g/mol. The summed E-state index contributed by atoms with van der Waals surface area (Å²) in [5.41, 5.74) is 0. The molecular formula is C8H10CaO4. The van der Waals surface area contributed by atoms with Crippen LogP contribution in [0.25, 0.3) is 0 Å². The van der Waals surface area contributed by atoms with Gasteiger partial charge in [0.25, 0.3) is 0 Å². The van der Waals surface area contributed by atoms with Crippen LogP contribution < -0.4 is 10.2 Å². The first-order valence-electron chi connectivity index (χ1n) is 3.18. The van der Waals surface area contributed by atoms with Gasteiger partial charge in [0, 0.05) is 5.97 Å². The summed E-state index contributed by atoms with van der Waals surface area (Å²) in [4.78, 5) is 18.5. The molecule has 0 fully saturated rings. The van der Waals surface area contributed by atoms with Gasteiger partial charge in [-0.3, -0.25) is 0 Å². The maximum atomic E-state index is 9.64. The van der Waals surface area contributed by atoms with Crippen LogP contribution in [0, 0.1) is 0 Å². The molecule has 0 aliphatic rings. The van der Waals surface area contributed by atoms with Crippen LogP contribution in [0.4, 0.5) is 0 Å². The van der Waals surface area contributed by atoms with Crippen LogP contribution in [-0.2, 0) is 9.59 Å². The van der Waals surface area contributed by atoms with Gasteiger partial charge in [0.05, 0.1) is 5.97 Å². The van der Waals surface area contributed by atoms with Crippen LogP contribution in [0.5, 0.6) is 0 Å². The van der Waals surface area contributed by atoms with Crippen LogP contribution >= 0.6 is 0 Å². The first kappa shape index (κ1) is 18.5. The Morgan fingerprint density at radius 1 is 1.15 bits per heavy atom. The fourth-order valence-electron chi connectivity index (χ4n) is 0.245. The number of carboxylic acid groups (broad SMARTS) is 2. The quantitative estimate of drug-likeness (QED) is 0.307. The number of carbonyl (C=O) groups is 2. The Kier molecular flexibility index (Phi) is 20.2. The molecule has 0 rings (SSSR count). The molecule has 0 amide bonds. The molecule has 5 heteroatoms. The molecule has 13 heavy (non-hydrogen) atoms. The average Bonchev–Trinajstić information content (AvgIpc) is 1.86. The summed E-state index contributed by atoms with van der Waals surface area (Å²) in [5.74, 6) is -2.25. The summed E-state index contributed by atoms with van der Waals surface area (Å²) in [6.45, 7) is 2.78. The third kappa shape index (κ3) is 50.0. The van der Waals surface area contributed by atoms with Crippen molar-refractivity contribution in [3.63, 3.8) is 0 Å². The van der Waals surface area contributed by atoms with E-state index in [0.717, 1.165) is 13.0 Å². The number of rotatable bonds is 2. The van der Waals surface area contributed by atoms with Crippen molar-refractivity contribution in [1.82, 2.24) is 0 Å². The largest absolute Gasteiger partial charge is 2.00 e. The Bertz CT molecular complexity index is 192. The van der Waals surface area contributed by atoms with E-state index in [-0.39, 0.29) is 37.7 Å². The van der Waals surface area contributed by atoms with Crippen molar-refractivity contribution in [1.29, 1.82) is 0 Å². The van der Waals surface area contributed by atoms with Crippen LogP contribution in [0.15, 0.2) is 24.3 Å². The minimum absolute atomic E-state index is 0. The Labute approximate surface area is 107 Å². The summed E-state index contributed by atoms with van der Waals surface area (Å²) >= 11 is 0. The number of hydrogen-bond donors (Lipinski definition) is 0. The molecule has 0 bridgehead atoms. The molecule has 4 nitrogen and oxygen atoms in total. The molecule has 0 aromatic carbocycles. The molecule has 0 saturated heterocycles. The Hall–Kier alpha value is -0.320. The molecule has 0 aliphatic heterocycles.